The lowest BCUT2D eigenvalue weighted by Gasteiger charge is -2.14. The Bertz CT molecular complexity index is 1480. The third kappa shape index (κ3) is 5.26. The standard InChI is InChI=1S/C28H26N6O3/c35-26(30-21-11-13-36-16-21)17-37-22-5-3-4-19(15-22)27-32-25-7-2-1-6-23(25)28(33-27)31-20-8-9-24-18(14-20)10-12-29-34-24/h1-9,14-15,21H,10-13,16-17H2,(H,30,35)(H,31,32,33). The van der Waals surface area contributed by atoms with Crippen LogP contribution in [0.2, 0.25) is 0 Å². The predicted molar refractivity (Wildman–Crippen MR) is 141 cm³/mol. The smallest absolute Gasteiger partial charge is 0.258 e. The van der Waals surface area contributed by atoms with Crippen LogP contribution in [0, 0.1) is 0 Å². The van der Waals surface area contributed by atoms with E-state index in [-0.39, 0.29) is 18.6 Å². The average Bonchev–Trinajstić information content (AvgIpc) is 3.45. The zero-order chi connectivity index (χ0) is 25.0. The minimum atomic E-state index is -0.166. The van der Waals surface area contributed by atoms with Gasteiger partial charge < -0.3 is 20.1 Å². The van der Waals surface area contributed by atoms with Crippen molar-refractivity contribution in [1.29, 1.82) is 0 Å². The number of aromatic nitrogens is 2. The summed E-state index contributed by atoms with van der Waals surface area (Å²) in [6.07, 6.45) is 1.69. The molecule has 1 fully saturated rings. The van der Waals surface area contributed by atoms with Crippen molar-refractivity contribution in [3.8, 4) is 17.1 Å². The average molecular weight is 495 g/mol. The first kappa shape index (κ1) is 23.1. The lowest BCUT2D eigenvalue weighted by atomic mass is 10.1. The summed E-state index contributed by atoms with van der Waals surface area (Å²) >= 11 is 0. The first-order valence-electron chi connectivity index (χ1n) is 12.4. The van der Waals surface area contributed by atoms with E-state index < -0.39 is 0 Å². The Morgan fingerprint density at radius 2 is 2.00 bits per heavy atom. The summed E-state index contributed by atoms with van der Waals surface area (Å²) < 4.78 is 11.1. The van der Waals surface area contributed by atoms with Gasteiger partial charge in [-0.3, -0.25) is 4.79 Å². The van der Waals surface area contributed by atoms with Crippen molar-refractivity contribution in [2.75, 3.05) is 31.7 Å². The Hall–Kier alpha value is -4.37. The minimum Gasteiger partial charge on any atom is -0.484 e. The summed E-state index contributed by atoms with van der Waals surface area (Å²) in [5.41, 5.74) is 4.62. The van der Waals surface area contributed by atoms with Crippen LogP contribution < -0.4 is 15.4 Å². The highest BCUT2D eigenvalue weighted by atomic mass is 16.5. The Kier molecular flexibility index (Phi) is 6.43. The van der Waals surface area contributed by atoms with Crippen LogP contribution in [0.15, 0.2) is 77.0 Å². The Balaban J connectivity index is 1.25. The molecular formula is C28H26N6O3. The SMILES string of the molecule is O=C(COc1cccc(-c2nc(Nc3ccc4c(c3)CCN=N4)c3ccccc3n2)c1)NC1CCOC1. The zero-order valence-electron chi connectivity index (χ0n) is 20.2. The van der Waals surface area contributed by atoms with Crippen LogP contribution in [0.25, 0.3) is 22.3 Å². The van der Waals surface area contributed by atoms with Gasteiger partial charge in [-0.1, -0.05) is 24.3 Å². The summed E-state index contributed by atoms with van der Waals surface area (Å²) in [4.78, 5) is 21.9. The second kappa shape index (κ2) is 10.3. The lowest BCUT2D eigenvalue weighted by molar-refractivity contribution is -0.123. The molecule has 37 heavy (non-hydrogen) atoms. The number of rotatable bonds is 7. The molecule has 1 unspecified atom stereocenters. The largest absolute Gasteiger partial charge is 0.484 e. The number of fused-ring (bicyclic) bond motifs is 2. The van der Waals surface area contributed by atoms with Gasteiger partial charge in [-0.15, -0.1) is 0 Å². The Labute approximate surface area is 214 Å². The molecule has 186 valence electrons. The van der Waals surface area contributed by atoms with Gasteiger partial charge in [-0.2, -0.15) is 10.2 Å². The van der Waals surface area contributed by atoms with Gasteiger partial charge in [0.1, 0.15) is 11.6 Å². The maximum atomic E-state index is 12.2. The van der Waals surface area contributed by atoms with Crippen molar-refractivity contribution in [1.82, 2.24) is 15.3 Å². The number of benzene rings is 3. The first-order valence-corrected chi connectivity index (χ1v) is 12.4. The number of anilines is 2. The van der Waals surface area contributed by atoms with Gasteiger partial charge in [0.05, 0.1) is 30.4 Å². The number of para-hydroxylation sites is 1. The molecule has 2 aliphatic heterocycles. The number of hydrogen-bond donors (Lipinski definition) is 2. The summed E-state index contributed by atoms with van der Waals surface area (Å²) in [6.45, 7) is 1.86. The molecule has 1 aromatic heterocycles. The molecule has 0 radical (unpaired) electrons. The van der Waals surface area contributed by atoms with Crippen molar-refractivity contribution < 1.29 is 14.3 Å². The second-order valence-corrected chi connectivity index (χ2v) is 9.04. The molecule has 1 amide bonds. The van der Waals surface area contributed by atoms with E-state index in [0.717, 1.165) is 46.2 Å². The summed E-state index contributed by atoms with van der Waals surface area (Å²) in [6, 6.07) is 21.5. The maximum absolute atomic E-state index is 12.2. The molecule has 2 aliphatic rings. The second-order valence-electron chi connectivity index (χ2n) is 9.04. The van der Waals surface area contributed by atoms with Crippen LogP contribution >= 0.6 is 0 Å². The fraction of sp³-hybridized carbons (Fsp3) is 0.250. The number of hydrogen-bond acceptors (Lipinski definition) is 8. The van der Waals surface area contributed by atoms with Gasteiger partial charge in [0.15, 0.2) is 12.4 Å². The monoisotopic (exact) mass is 494 g/mol. The van der Waals surface area contributed by atoms with Crippen molar-refractivity contribution in [3.63, 3.8) is 0 Å². The third-order valence-corrected chi connectivity index (χ3v) is 6.36. The van der Waals surface area contributed by atoms with E-state index in [1.165, 1.54) is 0 Å². The Morgan fingerprint density at radius 3 is 2.92 bits per heavy atom. The molecule has 9 heteroatoms. The van der Waals surface area contributed by atoms with Crippen molar-refractivity contribution >= 4 is 34.0 Å². The molecule has 0 aliphatic carbocycles. The normalized spacial score (nSPS) is 16.4. The zero-order valence-corrected chi connectivity index (χ0v) is 20.2. The van der Waals surface area contributed by atoms with Crippen LogP contribution in [0.1, 0.15) is 12.0 Å². The summed E-state index contributed by atoms with van der Waals surface area (Å²) in [7, 11) is 0. The maximum Gasteiger partial charge on any atom is 0.258 e. The molecule has 4 aromatic rings. The number of ether oxygens (including phenoxy) is 2. The van der Waals surface area contributed by atoms with Crippen molar-refractivity contribution in [2.24, 2.45) is 10.2 Å². The van der Waals surface area contributed by atoms with E-state index in [9.17, 15) is 4.79 Å². The van der Waals surface area contributed by atoms with E-state index in [4.69, 9.17) is 19.4 Å². The molecule has 3 aromatic carbocycles. The van der Waals surface area contributed by atoms with Gasteiger partial charge in [-0.25, -0.2) is 9.97 Å². The molecule has 9 nitrogen and oxygen atoms in total. The van der Waals surface area contributed by atoms with Crippen LogP contribution in [-0.4, -0.2) is 48.3 Å². The summed E-state index contributed by atoms with van der Waals surface area (Å²) in [5.74, 6) is 1.68. The number of carbonyl (C=O) groups is 1. The topological polar surface area (TPSA) is 110 Å². The molecule has 3 heterocycles. The van der Waals surface area contributed by atoms with E-state index in [2.05, 4.69) is 26.9 Å². The number of nitrogens with one attached hydrogen (secondary N) is 2. The van der Waals surface area contributed by atoms with E-state index in [0.29, 0.717) is 37.2 Å². The number of nitrogens with zero attached hydrogens (tertiary/aromatic N) is 4. The number of carbonyl (C=O) groups excluding carboxylic acids is 1. The molecule has 1 saturated heterocycles. The number of amides is 1. The quantitative estimate of drug-likeness (QED) is 0.376. The molecular weight excluding hydrogens is 468 g/mol. The van der Waals surface area contributed by atoms with Crippen LogP contribution in [0.3, 0.4) is 0 Å². The molecule has 0 spiro atoms. The van der Waals surface area contributed by atoms with Crippen molar-refractivity contribution in [3.05, 3.63) is 72.3 Å². The predicted octanol–water partition coefficient (Wildman–Crippen LogP) is 4.96. The Morgan fingerprint density at radius 1 is 1.05 bits per heavy atom. The fourth-order valence-electron chi connectivity index (χ4n) is 4.49. The van der Waals surface area contributed by atoms with Crippen LogP contribution in [0.4, 0.5) is 17.2 Å². The van der Waals surface area contributed by atoms with E-state index >= 15 is 0 Å². The van der Waals surface area contributed by atoms with Crippen molar-refractivity contribution in [2.45, 2.75) is 18.9 Å². The van der Waals surface area contributed by atoms with Gasteiger partial charge >= 0.3 is 0 Å². The van der Waals surface area contributed by atoms with Gasteiger partial charge in [-0.05, 0) is 60.9 Å². The highest BCUT2D eigenvalue weighted by molar-refractivity contribution is 5.92. The molecule has 0 bridgehead atoms. The molecule has 0 saturated carbocycles. The number of azo groups is 1. The minimum absolute atomic E-state index is 0.0545. The highest BCUT2D eigenvalue weighted by Crippen LogP contribution is 2.31. The van der Waals surface area contributed by atoms with Crippen LogP contribution in [-0.2, 0) is 16.0 Å². The summed E-state index contributed by atoms with van der Waals surface area (Å²) in [5, 5.41) is 15.7. The van der Waals surface area contributed by atoms with E-state index in [1.54, 1.807) is 0 Å². The van der Waals surface area contributed by atoms with Crippen LogP contribution in [0.5, 0.6) is 5.75 Å². The fourth-order valence-corrected chi connectivity index (χ4v) is 4.49. The van der Waals surface area contributed by atoms with Gasteiger partial charge in [0, 0.05) is 23.2 Å². The highest BCUT2D eigenvalue weighted by Gasteiger charge is 2.18. The lowest BCUT2D eigenvalue weighted by Crippen LogP contribution is -2.38. The first-order chi connectivity index (χ1) is 18.2. The molecule has 1 atom stereocenters. The molecule has 6 rings (SSSR count). The van der Waals surface area contributed by atoms with Gasteiger partial charge in [0.2, 0.25) is 0 Å². The third-order valence-electron chi connectivity index (χ3n) is 6.36. The van der Waals surface area contributed by atoms with E-state index in [1.807, 2.05) is 60.7 Å². The van der Waals surface area contributed by atoms with Gasteiger partial charge in [0.25, 0.3) is 5.91 Å². The molecule has 2 N–H and O–H groups in total.